The largest absolute Gasteiger partial charge is 0.351 e. The SMILES string of the molecule is CCCCNC(=O)c1cc(I)cn1C. The van der Waals surface area contributed by atoms with Gasteiger partial charge >= 0.3 is 0 Å². The van der Waals surface area contributed by atoms with Crippen LogP contribution >= 0.6 is 22.6 Å². The van der Waals surface area contributed by atoms with Gasteiger partial charge in [-0.1, -0.05) is 13.3 Å². The number of hydrogen-bond donors (Lipinski definition) is 1. The summed E-state index contributed by atoms with van der Waals surface area (Å²) in [6.45, 7) is 2.87. The first-order valence-corrected chi connectivity index (χ1v) is 5.83. The summed E-state index contributed by atoms with van der Waals surface area (Å²) in [5.41, 5.74) is 0.727. The van der Waals surface area contributed by atoms with Gasteiger partial charge in [0.15, 0.2) is 0 Å². The van der Waals surface area contributed by atoms with Crippen LogP contribution in [0, 0.1) is 3.57 Å². The van der Waals surface area contributed by atoms with Crippen molar-refractivity contribution < 1.29 is 4.79 Å². The van der Waals surface area contributed by atoms with Crippen molar-refractivity contribution >= 4 is 28.5 Å². The zero-order valence-electron chi connectivity index (χ0n) is 8.51. The van der Waals surface area contributed by atoms with E-state index in [9.17, 15) is 4.79 Å². The van der Waals surface area contributed by atoms with Gasteiger partial charge in [0.05, 0.1) is 0 Å². The molecule has 0 aliphatic heterocycles. The summed E-state index contributed by atoms with van der Waals surface area (Å²) in [5, 5.41) is 2.89. The highest BCUT2D eigenvalue weighted by atomic mass is 127. The average molecular weight is 306 g/mol. The average Bonchev–Trinajstić information content (AvgIpc) is 2.45. The van der Waals surface area contributed by atoms with Crippen molar-refractivity contribution in [2.45, 2.75) is 19.8 Å². The Hall–Kier alpha value is -0.520. The Balaban J connectivity index is 2.56. The molecule has 1 rings (SSSR count). The van der Waals surface area contributed by atoms with Crippen molar-refractivity contribution in [2.75, 3.05) is 6.54 Å². The number of carbonyl (C=O) groups is 1. The van der Waals surface area contributed by atoms with Crippen molar-refractivity contribution in [3.63, 3.8) is 0 Å². The lowest BCUT2D eigenvalue weighted by molar-refractivity contribution is 0.0945. The molecule has 0 aromatic carbocycles. The maximum absolute atomic E-state index is 11.6. The van der Waals surface area contributed by atoms with E-state index in [1.54, 1.807) is 0 Å². The number of rotatable bonds is 4. The van der Waals surface area contributed by atoms with Crippen molar-refractivity contribution in [3.8, 4) is 0 Å². The zero-order chi connectivity index (χ0) is 10.6. The highest BCUT2D eigenvalue weighted by Gasteiger charge is 2.09. The maximum atomic E-state index is 11.6. The van der Waals surface area contributed by atoms with Gasteiger partial charge in [-0.3, -0.25) is 4.79 Å². The fourth-order valence-corrected chi connectivity index (χ4v) is 1.93. The van der Waals surface area contributed by atoms with Crippen LogP contribution in [0.5, 0.6) is 0 Å². The minimum absolute atomic E-state index is 0.0175. The summed E-state index contributed by atoms with van der Waals surface area (Å²) in [5.74, 6) is 0.0175. The molecule has 1 N–H and O–H groups in total. The van der Waals surface area contributed by atoms with Crippen LogP contribution in [-0.2, 0) is 7.05 Å². The maximum Gasteiger partial charge on any atom is 0.267 e. The fourth-order valence-electron chi connectivity index (χ4n) is 1.22. The highest BCUT2D eigenvalue weighted by molar-refractivity contribution is 14.1. The first-order chi connectivity index (χ1) is 6.65. The van der Waals surface area contributed by atoms with Gasteiger partial charge in [-0.2, -0.15) is 0 Å². The third-order valence-electron chi connectivity index (χ3n) is 2.02. The molecule has 0 aliphatic rings. The molecule has 4 heteroatoms. The van der Waals surface area contributed by atoms with E-state index >= 15 is 0 Å². The van der Waals surface area contributed by atoms with Gasteiger partial charge < -0.3 is 9.88 Å². The van der Waals surface area contributed by atoms with Crippen molar-refractivity contribution in [3.05, 3.63) is 21.5 Å². The summed E-state index contributed by atoms with van der Waals surface area (Å²) in [7, 11) is 1.89. The van der Waals surface area contributed by atoms with Gasteiger partial charge in [-0.25, -0.2) is 0 Å². The van der Waals surface area contributed by atoms with E-state index in [4.69, 9.17) is 0 Å². The van der Waals surface area contributed by atoms with Crippen molar-refractivity contribution in [2.24, 2.45) is 7.05 Å². The third-order valence-corrected chi connectivity index (χ3v) is 2.61. The lowest BCUT2D eigenvalue weighted by Gasteiger charge is -2.04. The predicted molar refractivity (Wildman–Crippen MR) is 65.4 cm³/mol. The molecule has 1 aromatic rings. The molecule has 0 bridgehead atoms. The predicted octanol–water partition coefficient (Wildman–Crippen LogP) is 2.16. The quantitative estimate of drug-likeness (QED) is 0.671. The van der Waals surface area contributed by atoms with Gasteiger partial charge in [0.25, 0.3) is 5.91 Å². The Kier molecular flexibility index (Phi) is 4.44. The number of halogens is 1. The number of amides is 1. The molecule has 0 saturated heterocycles. The van der Waals surface area contributed by atoms with Crippen LogP contribution in [0.15, 0.2) is 12.3 Å². The van der Waals surface area contributed by atoms with E-state index in [1.165, 1.54) is 0 Å². The van der Waals surface area contributed by atoms with Crippen molar-refractivity contribution in [1.82, 2.24) is 9.88 Å². The van der Waals surface area contributed by atoms with Crippen LogP contribution < -0.4 is 5.32 Å². The van der Waals surface area contributed by atoms with Crippen LogP contribution in [0.4, 0.5) is 0 Å². The summed E-state index contributed by atoms with van der Waals surface area (Å²) in [6.07, 6.45) is 4.08. The Morgan fingerprint density at radius 2 is 2.36 bits per heavy atom. The number of unbranched alkanes of at least 4 members (excludes halogenated alkanes) is 1. The Morgan fingerprint density at radius 1 is 1.64 bits per heavy atom. The summed E-state index contributed by atoms with van der Waals surface area (Å²) >= 11 is 2.20. The van der Waals surface area contributed by atoms with E-state index in [1.807, 2.05) is 23.9 Å². The molecule has 0 unspecified atom stereocenters. The molecule has 0 saturated carbocycles. The Morgan fingerprint density at radius 3 is 2.86 bits per heavy atom. The molecule has 14 heavy (non-hydrogen) atoms. The first kappa shape index (κ1) is 11.6. The number of hydrogen-bond acceptors (Lipinski definition) is 1. The monoisotopic (exact) mass is 306 g/mol. The molecular formula is C10H15IN2O. The molecule has 1 aromatic heterocycles. The van der Waals surface area contributed by atoms with E-state index in [0.717, 1.165) is 28.7 Å². The molecular weight excluding hydrogens is 291 g/mol. The smallest absolute Gasteiger partial charge is 0.267 e. The van der Waals surface area contributed by atoms with Crippen LogP contribution in [-0.4, -0.2) is 17.0 Å². The second-order valence-electron chi connectivity index (χ2n) is 3.26. The van der Waals surface area contributed by atoms with E-state index in [2.05, 4.69) is 34.8 Å². The topological polar surface area (TPSA) is 34.0 Å². The fraction of sp³-hybridized carbons (Fsp3) is 0.500. The minimum Gasteiger partial charge on any atom is -0.351 e. The second kappa shape index (κ2) is 5.38. The number of nitrogens with zero attached hydrogens (tertiary/aromatic N) is 1. The van der Waals surface area contributed by atoms with Crippen LogP contribution in [0.2, 0.25) is 0 Å². The highest BCUT2D eigenvalue weighted by Crippen LogP contribution is 2.09. The Bertz CT molecular complexity index is 320. The van der Waals surface area contributed by atoms with Crippen LogP contribution in [0.3, 0.4) is 0 Å². The van der Waals surface area contributed by atoms with Crippen LogP contribution in [0.25, 0.3) is 0 Å². The van der Waals surface area contributed by atoms with Gasteiger partial charge in [0, 0.05) is 23.4 Å². The molecule has 0 radical (unpaired) electrons. The number of carbonyl (C=O) groups excluding carboxylic acids is 1. The summed E-state index contributed by atoms with van der Waals surface area (Å²) < 4.78 is 2.94. The zero-order valence-corrected chi connectivity index (χ0v) is 10.7. The molecule has 78 valence electrons. The van der Waals surface area contributed by atoms with Crippen LogP contribution in [0.1, 0.15) is 30.3 Å². The summed E-state index contributed by atoms with van der Waals surface area (Å²) in [4.78, 5) is 11.6. The van der Waals surface area contributed by atoms with Gasteiger partial charge in [0.2, 0.25) is 0 Å². The Labute approximate surface area is 98.0 Å². The van der Waals surface area contributed by atoms with Crippen molar-refractivity contribution in [1.29, 1.82) is 0 Å². The third kappa shape index (κ3) is 3.01. The van der Waals surface area contributed by atoms with E-state index in [-0.39, 0.29) is 5.91 Å². The normalized spacial score (nSPS) is 10.2. The molecule has 1 heterocycles. The summed E-state index contributed by atoms with van der Waals surface area (Å²) in [6, 6.07) is 1.89. The molecule has 0 fully saturated rings. The lowest BCUT2D eigenvalue weighted by Crippen LogP contribution is -2.26. The van der Waals surface area contributed by atoms with E-state index < -0.39 is 0 Å². The van der Waals surface area contributed by atoms with Gasteiger partial charge in [-0.05, 0) is 35.1 Å². The standard InChI is InChI=1S/C10H15IN2O/c1-3-4-5-12-10(14)9-6-8(11)7-13(9)2/h6-7H,3-5H2,1-2H3,(H,12,14). The molecule has 0 spiro atoms. The molecule has 3 nitrogen and oxygen atoms in total. The van der Waals surface area contributed by atoms with Gasteiger partial charge in [0.1, 0.15) is 5.69 Å². The first-order valence-electron chi connectivity index (χ1n) is 4.75. The molecule has 0 atom stereocenters. The molecule has 0 aliphatic carbocycles. The number of aromatic nitrogens is 1. The number of aryl methyl sites for hydroxylation is 1. The van der Waals surface area contributed by atoms with Gasteiger partial charge in [-0.15, -0.1) is 0 Å². The second-order valence-corrected chi connectivity index (χ2v) is 4.51. The van der Waals surface area contributed by atoms with E-state index in [0.29, 0.717) is 0 Å². The number of nitrogens with one attached hydrogen (secondary N) is 1. The lowest BCUT2D eigenvalue weighted by atomic mass is 10.3. The molecule has 1 amide bonds. The minimum atomic E-state index is 0.0175.